The Kier molecular flexibility index (Phi) is 6.14. The fraction of sp³-hybridized carbons (Fsp3) is 0.600. The second kappa shape index (κ2) is 8.54. The summed E-state index contributed by atoms with van der Waals surface area (Å²) in [5.74, 6) is 0.673. The van der Waals surface area contributed by atoms with E-state index in [1.54, 1.807) is 0 Å². The maximum absolute atomic E-state index is 12.0. The van der Waals surface area contributed by atoms with Gasteiger partial charge in [-0.1, -0.05) is 12.1 Å². The van der Waals surface area contributed by atoms with Gasteiger partial charge in [0.05, 0.1) is 19.6 Å². The van der Waals surface area contributed by atoms with Crippen molar-refractivity contribution in [1.29, 1.82) is 0 Å². The predicted molar refractivity (Wildman–Crippen MR) is 98.2 cm³/mol. The molecule has 1 aromatic rings. The van der Waals surface area contributed by atoms with E-state index < -0.39 is 5.97 Å². The molecule has 2 fully saturated rings. The fourth-order valence-electron chi connectivity index (χ4n) is 3.42. The van der Waals surface area contributed by atoms with Gasteiger partial charge in [0.15, 0.2) is 0 Å². The third-order valence-electron chi connectivity index (χ3n) is 5.11. The van der Waals surface area contributed by atoms with Crippen molar-refractivity contribution >= 4 is 11.9 Å². The number of nitrogens with one attached hydrogen (secondary N) is 1. The van der Waals surface area contributed by atoms with Crippen LogP contribution in [0.4, 0.5) is 0 Å². The Labute approximate surface area is 154 Å². The fourth-order valence-corrected chi connectivity index (χ4v) is 3.42. The summed E-state index contributed by atoms with van der Waals surface area (Å²) in [6.07, 6.45) is 4.43. The molecule has 142 valence electrons. The van der Waals surface area contributed by atoms with Gasteiger partial charge in [-0.15, -0.1) is 0 Å². The first-order valence-corrected chi connectivity index (χ1v) is 9.44. The smallest absolute Gasteiger partial charge is 0.317 e. The zero-order valence-electron chi connectivity index (χ0n) is 15.3. The van der Waals surface area contributed by atoms with Crippen LogP contribution in [0.15, 0.2) is 24.3 Å². The molecule has 2 aliphatic carbocycles. The number of carboxylic acids is 1. The topological polar surface area (TPSA) is 78.9 Å². The molecule has 0 radical (unpaired) electrons. The predicted octanol–water partition coefficient (Wildman–Crippen LogP) is 2.21. The van der Waals surface area contributed by atoms with Crippen molar-refractivity contribution in [2.24, 2.45) is 5.92 Å². The highest BCUT2D eigenvalue weighted by Gasteiger charge is 2.37. The molecule has 0 bridgehead atoms. The van der Waals surface area contributed by atoms with E-state index in [2.05, 4.69) is 10.2 Å². The second-order valence-electron chi connectivity index (χ2n) is 7.57. The number of hydrogen-bond donors (Lipinski definition) is 2. The van der Waals surface area contributed by atoms with Crippen molar-refractivity contribution in [3.05, 3.63) is 29.8 Å². The summed E-state index contributed by atoms with van der Waals surface area (Å²) < 4.78 is 5.61. The van der Waals surface area contributed by atoms with E-state index in [-0.39, 0.29) is 24.5 Å². The third-order valence-corrected chi connectivity index (χ3v) is 5.11. The Morgan fingerprint density at radius 3 is 2.73 bits per heavy atom. The molecule has 2 saturated carbocycles. The second-order valence-corrected chi connectivity index (χ2v) is 7.57. The molecule has 6 heteroatoms. The number of aryl methyl sites for hydroxylation is 1. The van der Waals surface area contributed by atoms with Gasteiger partial charge in [0.1, 0.15) is 5.75 Å². The average molecular weight is 360 g/mol. The summed E-state index contributed by atoms with van der Waals surface area (Å²) in [7, 11) is 0. The first-order chi connectivity index (χ1) is 12.5. The number of carbonyl (C=O) groups excluding carboxylic acids is 1. The third kappa shape index (κ3) is 5.73. The number of amides is 1. The van der Waals surface area contributed by atoms with Gasteiger partial charge >= 0.3 is 5.97 Å². The molecule has 0 aromatic heterocycles. The summed E-state index contributed by atoms with van der Waals surface area (Å²) in [6, 6.07) is 8.21. The van der Waals surface area contributed by atoms with Gasteiger partial charge < -0.3 is 15.2 Å². The van der Waals surface area contributed by atoms with E-state index in [0.717, 1.165) is 30.7 Å². The lowest BCUT2D eigenvalue weighted by Crippen LogP contribution is -2.55. The van der Waals surface area contributed by atoms with Gasteiger partial charge in [0.2, 0.25) is 5.91 Å². The van der Waals surface area contributed by atoms with Crippen LogP contribution in [0.5, 0.6) is 5.75 Å². The highest BCUT2D eigenvalue weighted by Crippen LogP contribution is 2.33. The standard InChI is InChI=1S/C20H28N2O4/c1-14-3-2-4-18(9-14)26-8-7-19(23)21-16-10-17(11-16)22(13-20(24)25)12-15-5-6-15/h2-4,9,15-17H,5-8,10-13H2,1H3,(H,21,23)(H,24,25). The average Bonchev–Trinajstić information content (AvgIpc) is 3.33. The number of carboxylic acid groups (broad SMARTS) is 1. The zero-order valence-corrected chi connectivity index (χ0v) is 15.3. The molecule has 1 amide bonds. The van der Waals surface area contributed by atoms with Crippen molar-refractivity contribution in [2.45, 2.75) is 51.1 Å². The molecule has 26 heavy (non-hydrogen) atoms. The van der Waals surface area contributed by atoms with Crippen LogP contribution >= 0.6 is 0 Å². The summed E-state index contributed by atoms with van der Waals surface area (Å²) >= 11 is 0. The van der Waals surface area contributed by atoms with E-state index >= 15 is 0 Å². The Bertz CT molecular complexity index is 638. The van der Waals surface area contributed by atoms with E-state index in [4.69, 9.17) is 9.84 Å². The number of aliphatic carboxylic acids is 1. The molecule has 0 unspecified atom stereocenters. The van der Waals surface area contributed by atoms with Crippen molar-refractivity contribution in [3.63, 3.8) is 0 Å². The molecule has 3 rings (SSSR count). The molecule has 0 atom stereocenters. The lowest BCUT2D eigenvalue weighted by atomic mass is 9.85. The number of nitrogens with zero attached hydrogens (tertiary/aromatic N) is 1. The Hall–Kier alpha value is -2.08. The monoisotopic (exact) mass is 360 g/mol. The Morgan fingerprint density at radius 1 is 1.31 bits per heavy atom. The number of carbonyl (C=O) groups is 2. The molecule has 2 aliphatic rings. The van der Waals surface area contributed by atoms with Crippen molar-refractivity contribution < 1.29 is 19.4 Å². The summed E-state index contributed by atoms with van der Waals surface area (Å²) in [6.45, 7) is 3.34. The quantitative estimate of drug-likeness (QED) is 0.669. The van der Waals surface area contributed by atoms with Crippen LogP contribution in [-0.4, -0.2) is 53.7 Å². The van der Waals surface area contributed by atoms with E-state index in [0.29, 0.717) is 18.9 Å². The van der Waals surface area contributed by atoms with Crippen LogP contribution in [0.25, 0.3) is 0 Å². The van der Waals surface area contributed by atoms with Crippen LogP contribution in [0.3, 0.4) is 0 Å². The van der Waals surface area contributed by atoms with Gasteiger partial charge in [-0.25, -0.2) is 0 Å². The normalized spacial score (nSPS) is 21.9. The number of hydrogen-bond acceptors (Lipinski definition) is 4. The minimum Gasteiger partial charge on any atom is -0.493 e. The van der Waals surface area contributed by atoms with Crippen molar-refractivity contribution in [1.82, 2.24) is 10.2 Å². The summed E-state index contributed by atoms with van der Waals surface area (Å²) in [5.41, 5.74) is 1.13. The largest absolute Gasteiger partial charge is 0.493 e. The number of ether oxygens (including phenoxy) is 1. The van der Waals surface area contributed by atoms with Crippen LogP contribution in [0.1, 0.15) is 37.7 Å². The van der Waals surface area contributed by atoms with Gasteiger partial charge in [-0.05, 0) is 56.2 Å². The summed E-state index contributed by atoms with van der Waals surface area (Å²) in [5, 5.41) is 12.1. The Morgan fingerprint density at radius 2 is 2.08 bits per heavy atom. The lowest BCUT2D eigenvalue weighted by Gasteiger charge is -2.42. The molecule has 0 aliphatic heterocycles. The maximum atomic E-state index is 12.0. The van der Waals surface area contributed by atoms with Gasteiger partial charge in [0, 0.05) is 18.6 Å². The van der Waals surface area contributed by atoms with E-state index in [1.165, 1.54) is 12.8 Å². The molecular formula is C20H28N2O4. The minimum atomic E-state index is -0.772. The molecule has 0 saturated heterocycles. The first-order valence-electron chi connectivity index (χ1n) is 9.44. The number of benzene rings is 1. The van der Waals surface area contributed by atoms with Crippen LogP contribution in [-0.2, 0) is 9.59 Å². The molecule has 0 heterocycles. The first kappa shape index (κ1) is 18.7. The lowest BCUT2D eigenvalue weighted by molar-refractivity contribution is -0.140. The molecule has 2 N–H and O–H groups in total. The van der Waals surface area contributed by atoms with Gasteiger partial charge in [-0.2, -0.15) is 0 Å². The minimum absolute atomic E-state index is 0.00641. The SMILES string of the molecule is Cc1cccc(OCCC(=O)NC2CC(N(CC(=O)O)CC3CC3)C2)c1. The highest BCUT2D eigenvalue weighted by molar-refractivity contribution is 5.76. The van der Waals surface area contributed by atoms with E-state index in [1.807, 2.05) is 31.2 Å². The van der Waals surface area contributed by atoms with Crippen molar-refractivity contribution in [2.75, 3.05) is 19.7 Å². The van der Waals surface area contributed by atoms with Crippen molar-refractivity contribution in [3.8, 4) is 5.75 Å². The van der Waals surface area contributed by atoms with Gasteiger partial charge in [0.25, 0.3) is 0 Å². The summed E-state index contributed by atoms with van der Waals surface area (Å²) in [4.78, 5) is 25.2. The highest BCUT2D eigenvalue weighted by atomic mass is 16.5. The molecule has 6 nitrogen and oxygen atoms in total. The molecule has 0 spiro atoms. The maximum Gasteiger partial charge on any atom is 0.317 e. The number of rotatable bonds is 10. The van der Waals surface area contributed by atoms with Crippen LogP contribution in [0, 0.1) is 12.8 Å². The van der Waals surface area contributed by atoms with E-state index in [9.17, 15) is 9.59 Å². The zero-order chi connectivity index (χ0) is 18.5. The van der Waals surface area contributed by atoms with Crippen LogP contribution in [0.2, 0.25) is 0 Å². The molecular weight excluding hydrogens is 332 g/mol. The van der Waals surface area contributed by atoms with Crippen LogP contribution < -0.4 is 10.1 Å². The van der Waals surface area contributed by atoms with Gasteiger partial charge in [-0.3, -0.25) is 14.5 Å². The Balaban J connectivity index is 1.33. The molecule has 1 aromatic carbocycles.